The molecular weight excluding hydrogens is 526 g/mol. The first-order chi connectivity index (χ1) is 19.5. The van der Waals surface area contributed by atoms with Crippen molar-refractivity contribution in [3.05, 3.63) is 107 Å². The van der Waals surface area contributed by atoms with Crippen molar-refractivity contribution in [2.24, 2.45) is 0 Å². The molecule has 1 atom stereocenters. The van der Waals surface area contributed by atoms with Crippen LogP contribution in [0.25, 0.3) is 28.0 Å². The number of tetrazole rings is 1. The molecule has 6 aromatic rings. The van der Waals surface area contributed by atoms with Crippen LogP contribution in [0.4, 0.5) is 0 Å². The zero-order valence-corrected chi connectivity index (χ0v) is 22.3. The lowest BCUT2D eigenvalue weighted by atomic mass is 9.81. The average molecular weight is 550 g/mol. The fraction of sp³-hybridized carbons (Fsp3) is 0.172. The minimum absolute atomic E-state index is 0.237. The summed E-state index contributed by atoms with van der Waals surface area (Å²) in [5.74, 6) is 0.403. The van der Waals surface area contributed by atoms with Gasteiger partial charge in [-0.25, -0.2) is 5.10 Å². The van der Waals surface area contributed by atoms with E-state index in [9.17, 15) is 4.79 Å². The Labute approximate surface area is 234 Å². The molecule has 40 heavy (non-hydrogen) atoms. The SMILES string of the molecule is Cc1ccc2c(c1)c(-c1nnn[nH]1)c1n2C[C@@](NC(=O)c2ccc(-n3cnnc3)cc2Cl)(c2ccccc2)CC1. The third kappa shape index (κ3) is 3.95. The molecule has 0 fully saturated rings. The average Bonchev–Trinajstić information content (AvgIpc) is 3.74. The smallest absolute Gasteiger partial charge is 0.253 e. The third-order valence-corrected chi connectivity index (χ3v) is 8.03. The molecule has 0 aliphatic carbocycles. The van der Waals surface area contributed by atoms with Crippen LogP contribution in [0.1, 0.15) is 33.6 Å². The van der Waals surface area contributed by atoms with E-state index in [0.29, 0.717) is 35.8 Å². The molecule has 1 aliphatic heterocycles. The Morgan fingerprint density at radius 2 is 1.88 bits per heavy atom. The topological polar surface area (TPSA) is 119 Å². The van der Waals surface area contributed by atoms with Gasteiger partial charge in [0.1, 0.15) is 12.7 Å². The van der Waals surface area contributed by atoms with Crippen LogP contribution in [-0.2, 0) is 18.5 Å². The Kier molecular flexibility index (Phi) is 5.71. The lowest BCUT2D eigenvalue weighted by molar-refractivity contribution is 0.0868. The fourth-order valence-corrected chi connectivity index (χ4v) is 6.07. The Bertz CT molecular complexity index is 1850. The standard InChI is InChI=1S/C29H24ClN9O/c1-18-7-10-24-22(13-18)26(27-34-36-37-35-27)25-11-12-29(15-39(24)25,19-5-3-2-4-6-19)33-28(40)21-9-8-20(14-23(21)30)38-16-31-32-17-38/h2-10,13-14,16-17H,11-12,15H2,1H3,(H,33,40)(H,34,35,36,37)/t29-/m1/s1. The molecule has 0 spiro atoms. The zero-order chi connectivity index (χ0) is 27.3. The zero-order valence-electron chi connectivity index (χ0n) is 21.5. The number of aromatic amines is 1. The Morgan fingerprint density at radius 1 is 1.05 bits per heavy atom. The summed E-state index contributed by atoms with van der Waals surface area (Å²) in [6, 6.07) is 21.8. The van der Waals surface area contributed by atoms with Gasteiger partial charge in [0.25, 0.3) is 5.91 Å². The van der Waals surface area contributed by atoms with Crippen LogP contribution in [0.5, 0.6) is 0 Å². The maximum atomic E-state index is 13.9. The van der Waals surface area contributed by atoms with Gasteiger partial charge in [-0.1, -0.05) is 53.6 Å². The Morgan fingerprint density at radius 3 is 2.62 bits per heavy atom. The van der Waals surface area contributed by atoms with E-state index in [1.165, 1.54) is 0 Å². The highest BCUT2D eigenvalue weighted by Crippen LogP contribution is 2.42. The largest absolute Gasteiger partial charge is 0.341 e. The summed E-state index contributed by atoms with van der Waals surface area (Å²) < 4.78 is 4.03. The van der Waals surface area contributed by atoms with Gasteiger partial charge in [-0.2, -0.15) is 0 Å². The Balaban J connectivity index is 1.32. The second kappa shape index (κ2) is 9.42. The van der Waals surface area contributed by atoms with Crippen molar-refractivity contribution >= 4 is 28.4 Å². The fourth-order valence-electron chi connectivity index (χ4n) is 5.81. The summed E-state index contributed by atoms with van der Waals surface area (Å²) in [4.78, 5) is 13.9. The van der Waals surface area contributed by atoms with Crippen molar-refractivity contribution in [3.8, 4) is 17.1 Å². The molecule has 198 valence electrons. The molecule has 0 unspecified atom stereocenters. The van der Waals surface area contributed by atoms with Crippen molar-refractivity contribution in [1.82, 2.24) is 45.3 Å². The van der Waals surface area contributed by atoms with E-state index < -0.39 is 5.54 Å². The molecule has 0 saturated carbocycles. The number of aromatic nitrogens is 8. The lowest BCUT2D eigenvalue weighted by Crippen LogP contribution is -2.51. The quantitative estimate of drug-likeness (QED) is 0.323. The van der Waals surface area contributed by atoms with Crippen LogP contribution >= 0.6 is 11.6 Å². The number of aryl methyl sites for hydroxylation is 1. The molecular formula is C29H24ClN9O. The Hall–Kier alpha value is -4.83. The second-order valence-corrected chi connectivity index (χ2v) is 10.5. The van der Waals surface area contributed by atoms with Crippen molar-refractivity contribution < 1.29 is 4.79 Å². The number of halogens is 1. The summed E-state index contributed by atoms with van der Waals surface area (Å²) in [5.41, 5.74) is 5.89. The molecule has 7 rings (SSSR count). The molecule has 0 saturated heterocycles. The number of carbonyl (C=O) groups excluding carboxylic acids is 1. The molecule has 11 heteroatoms. The van der Waals surface area contributed by atoms with Crippen LogP contribution in [0.2, 0.25) is 5.02 Å². The number of hydrogen-bond acceptors (Lipinski definition) is 6. The van der Waals surface area contributed by atoms with Gasteiger partial charge in [-0.3, -0.25) is 9.36 Å². The molecule has 3 aromatic heterocycles. The van der Waals surface area contributed by atoms with E-state index in [4.69, 9.17) is 11.6 Å². The van der Waals surface area contributed by atoms with Crippen molar-refractivity contribution in [3.63, 3.8) is 0 Å². The van der Waals surface area contributed by atoms with Crippen molar-refractivity contribution in [2.45, 2.75) is 31.8 Å². The van der Waals surface area contributed by atoms with Gasteiger partial charge < -0.3 is 9.88 Å². The van der Waals surface area contributed by atoms with E-state index in [-0.39, 0.29) is 5.91 Å². The second-order valence-electron chi connectivity index (χ2n) is 10.1. The number of H-pyrrole nitrogens is 1. The van der Waals surface area contributed by atoms with Gasteiger partial charge in [-0.05, 0) is 66.1 Å². The number of benzene rings is 3. The minimum atomic E-state index is -0.671. The summed E-state index contributed by atoms with van der Waals surface area (Å²) in [6.07, 6.45) is 4.56. The van der Waals surface area contributed by atoms with Gasteiger partial charge in [0.05, 0.1) is 22.7 Å². The number of nitrogens with one attached hydrogen (secondary N) is 2. The van der Waals surface area contributed by atoms with Crippen molar-refractivity contribution in [1.29, 1.82) is 0 Å². The van der Waals surface area contributed by atoms with E-state index in [1.54, 1.807) is 29.4 Å². The maximum absolute atomic E-state index is 13.9. The molecule has 0 bridgehead atoms. The molecule has 4 heterocycles. The highest BCUT2D eigenvalue weighted by atomic mass is 35.5. The van der Waals surface area contributed by atoms with Crippen molar-refractivity contribution in [2.75, 3.05) is 0 Å². The van der Waals surface area contributed by atoms with Crippen LogP contribution in [0.3, 0.4) is 0 Å². The predicted octanol–water partition coefficient (Wildman–Crippen LogP) is 4.64. The number of amides is 1. The molecule has 1 aliphatic rings. The summed E-state index contributed by atoms with van der Waals surface area (Å²) in [5, 5.41) is 27.4. The van der Waals surface area contributed by atoms with E-state index in [1.807, 2.05) is 24.3 Å². The van der Waals surface area contributed by atoms with Crippen LogP contribution in [-0.4, -0.2) is 45.9 Å². The highest BCUT2D eigenvalue weighted by Gasteiger charge is 2.40. The molecule has 10 nitrogen and oxygen atoms in total. The van der Waals surface area contributed by atoms with Gasteiger partial charge in [0, 0.05) is 27.8 Å². The van der Waals surface area contributed by atoms with Gasteiger partial charge in [0.15, 0.2) is 5.82 Å². The monoisotopic (exact) mass is 549 g/mol. The first-order valence-corrected chi connectivity index (χ1v) is 13.3. The first kappa shape index (κ1) is 24.2. The van der Waals surface area contributed by atoms with E-state index in [0.717, 1.165) is 39.0 Å². The summed E-state index contributed by atoms with van der Waals surface area (Å²) in [6.45, 7) is 2.61. The number of rotatable bonds is 5. The van der Waals surface area contributed by atoms with Gasteiger partial charge in [0.2, 0.25) is 0 Å². The molecule has 2 N–H and O–H groups in total. The van der Waals surface area contributed by atoms with Gasteiger partial charge >= 0.3 is 0 Å². The number of fused-ring (bicyclic) bond motifs is 3. The molecule has 1 amide bonds. The van der Waals surface area contributed by atoms with Gasteiger partial charge in [-0.15, -0.1) is 15.3 Å². The lowest BCUT2D eigenvalue weighted by Gasteiger charge is -2.40. The number of nitrogens with zero attached hydrogens (tertiary/aromatic N) is 7. The normalized spacial score (nSPS) is 16.6. The third-order valence-electron chi connectivity index (χ3n) is 7.72. The highest BCUT2D eigenvalue weighted by molar-refractivity contribution is 6.34. The number of hydrogen-bond donors (Lipinski definition) is 2. The summed E-state index contributed by atoms with van der Waals surface area (Å²) >= 11 is 6.64. The summed E-state index contributed by atoms with van der Waals surface area (Å²) in [7, 11) is 0. The van der Waals surface area contributed by atoms with Crippen LogP contribution in [0.15, 0.2) is 79.4 Å². The molecule has 3 aromatic carbocycles. The minimum Gasteiger partial charge on any atom is -0.341 e. The first-order valence-electron chi connectivity index (χ1n) is 12.9. The van der Waals surface area contributed by atoms with E-state index in [2.05, 4.69) is 78.0 Å². The van der Waals surface area contributed by atoms with Crippen LogP contribution in [0, 0.1) is 6.92 Å². The van der Waals surface area contributed by atoms with Crippen LogP contribution < -0.4 is 5.32 Å². The molecule has 0 radical (unpaired) electrons. The number of carbonyl (C=O) groups is 1. The van der Waals surface area contributed by atoms with E-state index >= 15 is 0 Å². The predicted molar refractivity (Wildman–Crippen MR) is 150 cm³/mol. The maximum Gasteiger partial charge on any atom is 0.253 e.